The first-order chi connectivity index (χ1) is 18.9. The van der Waals surface area contributed by atoms with E-state index in [0.717, 1.165) is 5.56 Å². The van der Waals surface area contributed by atoms with E-state index in [4.69, 9.17) is 9.47 Å². The number of fused-ring (bicyclic) bond motifs is 6. The van der Waals surface area contributed by atoms with Crippen LogP contribution in [0.5, 0.6) is 5.75 Å². The fourth-order valence-corrected chi connectivity index (χ4v) is 6.92. The van der Waals surface area contributed by atoms with Crippen molar-refractivity contribution in [2.45, 2.75) is 58.5 Å². The number of hydrogen-bond acceptors (Lipinski definition) is 6. The zero-order chi connectivity index (χ0) is 28.4. The third-order valence-electron chi connectivity index (χ3n) is 9.33. The highest BCUT2D eigenvalue weighted by Gasteiger charge is 2.70. The van der Waals surface area contributed by atoms with Crippen LogP contribution in [0.4, 0.5) is 0 Å². The Labute approximate surface area is 229 Å². The molecule has 2 aliphatic rings. The summed E-state index contributed by atoms with van der Waals surface area (Å²) >= 11 is 0. The van der Waals surface area contributed by atoms with Crippen molar-refractivity contribution in [1.82, 2.24) is 4.40 Å². The van der Waals surface area contributed by atoms with E-state index in [9.17, 15) is 19.2 Å². The molecule has 2 fully saturated rings. The van der Waals surface area contributed by atoms with E-state index in [-0.39, 0.29) is 33.9 Å². The molecule has 2 unspecified atom stereocenters. The van der Waals surface area contributed by atoms with Gasteiger partial charge in [-0.1, -0.05) is 52.8 Å². The van der Waals surface area contributed by atoms with E-state index < -0.39 is 17.0 Å². The Balaban J connectivity index is 1.58. The molecule has 0 spiro atoms. The Hall–Kier alpha value is -4.26. The van der Waals surface area contributed by atoms with Gasteiger partial charge < -0.3 is 13.9 Å². The highest BCUT2D eigenvalue weighted by molar-refractivity contribution is 6.09. The van der Waals surface area contributed by atoms with Gasteiger partial charge in [0.1, 0.15) is 5.52 Å². The van der Waals surface area contributed by atoms with E-state index in [1.165, 1.54) is 0 Å². The van der Waals surface area contributed by atoms with Crippen LogP contribution >= 0.6 is 0 Å². The standard InChI is InChI=1S/C33H29NO6/c1-31(2,3)17-15-20-25-21(16-17)28(36)19-10-8-12-24(26(19)34(25)23-11-7-6-9-18(23)27(20)35)39-30(38)33-14-13-22(29(37)40-33)32(33,4)5/h6-12,15-16,22H,13-14H2,1-5H3. The van der Waals surface area contributed by atoms with Crippen LogP contribution in [0.1, 0.15) is 53.0 Å². The lowest BCUT2D eigenvalue weighted by atomic mass is 9.75. The van der Waals surface area contributed by atoms with E-state index in [1.54, 1.807) is 24.3 Å². The van der Waals surface area contributed by atoms with Gasteiger partial charge in [0.15, 0.2) is 16.6 Å². The lowest BCUT2D eigenvalue weighted by Crippen LogP contribution is -2.49. The molecule has 202 valence electrons. The number of carbonyl (C=O) groups excluding carboxylic acids is 2. The number of aromatic nitrogens is 1. The Morgan fingerprint density at radius 3 is 2.17 bits per heavy atom. The number of rotatable bonds is 2. The number of pyridine rings is 2. The summed E-state index contributed by atoms with van der Waals surface area (Å²) < 4.78 is 13.6. The lowest BCUT2D eigenvalue weighted by Gasteiger charge is -2.32. The predicted octanol–water partition coefficient (Wildman–Crippen LogP) is 5.49. The third-order valence-corrected chi connectivity index (χ3v) is 9.33. The van der Waals surface area contributed by atoms with Crippen LogP contribution in [0.3, 0.4) is 0 Å². The van der Waals surface area contributed by atoms with Gasteiger partial charge in [0.05, 0.1) is 22.3 Å². The molecule has 0 radical (unpaired) electrons. The van der Waals surface area contributed by atoms with Crippen LogP contribution in [0.25, 0.3) is 38.1 Å². The molecule has 0 amide bonds. The number of nitrogens with zero attached hydrogens (tertiary/aromatic N) is 1. The number of esters is 2. The van der Waals surface area contributed by atoms with Crippen molar-refractivity contribution in [3.8, 4) is 5.75 Å². The van der Waals surface area contributed by atoms with Gasteiger partial charge in [-0.05, 0) is 60.2 Å². The number of hydrogen-bond donors (Lipinski definition) is 0. The highest BCUT2D eigenvalue weighted by Crippen LogP contribution is 2.58. The molecule has 2 bridgehead atoms. The van der Waals surface area contributed by atoms with Crippen LogP contribution in [0, 0.1) is 11.3 Å². The molecular weight excluding hydrogens is 506 g/mol. The van der Waals surface area contributed by atoms with Crippen LogP contribution in [-0.2, 0) is 19.7 Å². The average Bonchev–Trinajstić information content (AvgIpc) is 3.29. The fourth-order valence-electron chi connectivity index (χ4n) is 6.92. The second-order valence-electron chi connectivity index (χ2n) is 12.8. The first-order valence-electron chi connectivity index (χ1n) is 13.6. The molecular formula is C33H29NO6. The number of para-hydroxylation sites is 2. The monoisotopic (exact) mass is 535 g/mol. The zero-order valence-corrected chi connectivity index (χ0v) is 23.1. The number of carbonyl (C=O) groups is 2. The molecule has 1 aliphatic heterocycles. The molecule has 3 aromatic carbocycles. The van der Waals surface area contributed by atoms with Gasteiger partial charge in [-0.15, -0.1) is 0 Å². The largest absolute Gasteiger partial charge is 0.446 e. The summed E-state index contributed by atoms with van der Waals surface area (Å²) in [5, 5.41) is 1.73. The molecule has 1 saturated carbocycles. The minimum absolute atomic E-state index is 0.157. The molecule has 7 rings (SSSR count). The van der Waals surface area contributed by atoms with Crippen LogP contribution in [-0.4, -0.2) is 21.9 Å². The molecule has 1 saturated heterocycles. The highest BCUT2D eigenvalue weighted by atomic mass is 16.6. The Kier molecular flexibility index (Phi) is 4.76. The van der Waals surface area contributed by atoms with Crippen molar-refractivity contribution in [2.75, 3.05) is 0 Å². The molecule has 0 N–H and O–H groups in total. The minimum Gasteiger partial charge on any atom is -0.446 e. The summed E-state index contributed by atoms with van der Waals surface area (Å²) in [6.45, 7) is 9.86. The lowest BCUT2D eigenvalue weighted by molar-refractivity contribution is -0.175. The summed E-state index contributed by atoms with van der Waals surface area (Å²) in [5.74, 6) is -1.22. The average molecular weight is 536 g/mol. The van der Waals surface area contributed by atoms with Gasteiger partial charge in [0.25, 0.3) is 0 Å². The predicted molar refractivity (Wildman–Crippen MR) is 153 cm³/mol. The maximum absolute atomic E-state index is 14.1. The topological polar surface area (TPSA) is 91.2 Å². The zero-order valence-electron chi connectivity index (χ0n) is 23.1. The van der Waals surface area contributed by atoms with E-state index >= 15 is 0 Å². The van der Waals surface area contributed by atoms with Crippen molar-refractivity contribution in [1.29, 1.82) is 0 Å². The second-order valence-corrected chi connectivity index (χ2v) is 12.8. The Bertz CT molecular complexity index is 2050. The second kappa shape index (κ2) is 7.68. The van der Waals surface area contributed by atoms with E-state index in [1.807, 2.05) is 69.4 Å². The maximum Gasteiger partial charge on any atom is 0.356 e. The Morgan fingerprint density at radius 1 is 0.900 bits per heavy atom. The van der Waals surface area contributed by atoms with Gasteiger partial charge in [0, 0.05) is 21.6 Å². The molecule has 2 atom stereocenters. The van der Waals surface area contributed by atoms with Crippen molar-refractivity contribution >= 4 is 50.0 Å². The van der Waals surface area contributed by atoms with E-state index in [0.29, 0.717) is 50.9 Å². The van der Waals surface area contributed by atoms with Crippen LogP contribution in [0.15, 0.2) is 64.2 Å². The Morgan fingerprint density at radius 2 is 1.55 bits per heavy atom. The summed E-state index contributed by atoms with van der Waals surface area (Å²) in [6, 6.07) is 16.0. The summed E-state index contributed by atoms with van der Waals surface area (Å²) in [4.78, 5) is 54.2. The SMILES string of the molecule is CC(C)(C)c1cc2c(=O)c3ccccc3n3c4c(OC(=O)C56CCC(C(=O)O5)C6(C)C)cccc4c(=O)c(c1)c23. The first kappa shape index (κ1) is 24.8. The summed E-state index contributed by atoms with van der Waals surface area (Å²) in [7, 11) is 0. The molecule has 40 heavy (non-hydrogen) atoms. The third kappa shape index (κ3) is 2.95. The molecule has 5 aromatic rings. The van der Waals surface area contributed by atoms with Crippen molar-refractivity contribution in [2.24, 2.45) is 11.3 Å². The number of ether oxygens (including phenoxy) is 2. The molecule has 3 heterocycles. The normalized spacial score (nSPS) is 22.0. The van der Waals surface area contributed by atoms with Gasteiger partial charge in [-0.3, -0.25) is 14.4 Å². The molecule has 7 heteroatoms. The molecule has 2 aromatic heterocycles. The van der Waals surface area contributed by atoms with Gasteiger partial charge in [0.2, 0.25) is 5.60 Å². The molecule has 7 nitrogen and oxygen atoms in total. The van der Waals surface area contributed by atoms with E-state index in [2.05, 4.69) is 0 Å². The van der Waals surface area contributed by atoms with Gasteiger partial charge in [-0.25, -0.2) is 4.79 Å². The van der Waals surface area contributed by atoms with Gasteiger partial charge in [-0.2, -0.15) is 0 Å². The summed E-state index contributed by atoms with van der Waals surface area (Å²) in [5.41, 5.74) is -0.441. The van der Waals surface area contributed by atoms with Crippen LogP contribution in [0.2, 0.25) is 0 Å². The first-order valence-corrected chi connectivity index (χ1v) is 13.6. The van der Waals surface area contributed by atoms with Crippen molar-refractivity contribution in [3.63, 3.8) is 0 Å². The van der Waals surface area contributed by atoms with Crippen molar-refractivity contribution < 1.29 is 19.1 Å². The molecule has 1 aliphatic carbocycles. The minimum atomic E-state index is -1.39. The smallest absolute Gasteiger partial charge is 0.356 e. The number of benzene rings is 3. The van der Waals surface area contributed by atoms with Gasteiger partial charge >= 0.3 is 11.9 Å². The van der Waals surface area contributed by atoms with Crippen LogP contribution < -0.4 is 15.6 Å². The quantitative estimate of drug-likeness (QED) is 0.128. The maximum atomic E-state index is 14.1. The fraction of sp³-hybridized carbons (Fsp3) is 0.333. The van der Waals surface area contributed by atoms with Crippen molar-refractivity contribution in [3.05, 3.63) is 80.6 Å². The summed E-state index contributed by atoms with van der Waals surface area (Å²) in [6.07, 6.45) is 0.938.